The number of alkyl halides is 6. The monoisotopic (exact) mass is 454 g/mol. The highest BCUT2D eigenvalue weighted by Crippen LogP contribution is 2.37. The molecule has 0 spiro atoms. The Balaban J connectivity index is 2.26. The van der Waals surface area contributed by atoms with E-state index in [0.29, 0.717) is 25.0 Å². The van der Waals surface area contributed by atoms with Crippen LogP contribution in [0.25, 0.3) is 0 Å². The third kappa shape index (κ3) is 6.27. The summed E-state index contributed by atoms with van der Waals surface area (Å²) in [6.07, 6.45) is -9.96. The fourth-order valence-electron chi connectivity index (χ4n) is 4.17. The topological polar surface area (TPSA) is 52.6 Å². The van der Waals surface area contributed by atoms with Gasteiger partial charge in [0.05, 0.1) is 11.1 Å². The van der Waals surface area contributed by atoms with E-state index in [1.165, 1.54) is 4.90 Å². The van der Waals surface area contributed by atoms with Crippen LogP contribution in [0.5, 0.6) is 0 Å². The first-order valence-electron chi connectivity index (χ1n) is 10.1. The first kappa shape index (κ1) is 25.3. The van der Waals surface area contributed by atoms with Gasteiger partial charge < -0.3 is 15.3 Å². The molecule has 0 aliphatic carbocycles. The second-order valence-corrected chi connectivity index (χ2v) is 8.78. The van der Waals surface area contributed by atoms with Crippen LogP contribution < -0.4 is 5.32 Å². The molecule has 2 atom stereocenters. The van der Waals surface area contributed by atoms with E-state index in [4.69, 9.17) is 0 Å². The van der Waals surface area contributed by atoms with Gasteiger partial charge in [0.25, 0.3) is 0 Å². The molecule has 2 N–H and O–H groups in total. The molecule has 1 saturated heterocycles. The van der Waals surface area contributed by atoms with Gasteiger partial charge in [0.1, 0.15) is 0 Å². The lowest BCUT2D eigenvalue weighted by molar-refractivity contribution is -0.143. The van der Waals surface area contributed by atoms with E-state index in [1.54, 1.807) is 0 Å². The first-order chi connectivity index (χ1) is 14.1. The third-order valence-electron chi connectivity index (χ3n) is 5.77. The zero-order chi connectivity index (χ0) is 23.7. The summed E-state index contributed by atoms with van der Waals surface area (Å²) in [4.78, 5) is 13.3. The predicted octanol–water partition coefficient (Wildman–Crippen LogP) is 6.01. The summed E-state index contributed by atoms with van der Waals surface area (Å²) in [5.41, 5.74) is -2.81. The zero-order valence-electron chi connectivity index (χ0n) is 17.8. The quantitative estimate of drug-likeness (QED) is 0.536. The Labute approximate surface area is 177 Å². The molecule has 10 heteroatoms. The van der Waals surface area contributed by atoms with E-state index in [9.17, 15) is 36.2 Å². The average molecular weight is 454 g/mol. The predicted molar refractivity (Wildman–Crippen MR) is 103 cm³/mol. The van der Waals surface area contributed by atoms with Crippen LogP contribution in [0.15, 0.2) is 18.2 Å². The molecule has 2 unspecified atom stereocenters. The van der Waals surface area contributed by atoms with Gasteiger partial charge in [-0.3, -0.25) is 0 Å². The normalized spacial score (nSPS) is 23.0. The minimum absolute atomic E-state index is 0.00680. The lowest BCUT2D eigenvalue weighted by Gasteiger charge is -2.47. The fourth-order valence-corrected chi connectivity index (χ4v) is 4.17. The summed E-state index contributed by atoms with van der Waals surface area (Å²) < 4.78 is 78.5. The van der Waals surface area contributed by atoms with Gasteiger partial charge in [-0.15, -0.1) is 0 Å². The Morgan fingerprint density at radius 1 is 0.968 bits per heavy atom. The SMILES string of the molecule is CC(C)C1CC(NCc2cc(C(F)(F)F)cc(C(F)(F)F)c2)CC(C(C)C)N1C(=O)O. The number of benzene rings is 1. The fraction of sp³-hybridized carbons (Fsp3) is 0.667. The molecule has 4 nitrogen and oxygen atoms in total. The maximum Gasteiger partial charge on any atom is 0.416 e. The highest BCUT2D eigenvalue weighted by Gasteiger charge is 2.41. The van der Waals surface area contributed by atoms with E-state index >= 15 is 0 Å². The van der Waals surface area contributed by atoms with Gasteiger partial charge in [0.15, 0.2) is 0 Å². The maximum atomic E-state index is 13.1. The molecule has 1 amide bonds. The number of nitrogens with zero attached hydrogens (tertiary/aromatic N) is 1. The molecule has 1 fully saturated rings. The van der Waals surface area contributed by atoms with Crippen molar-refractivity contribution in [3.05, 3.63) is 34.9 Å². The number of hydrogen-bond donors (Lipinski definition) is 2. The van der Waals surface area contributed by atoms with Crippen molar-refractivity contribution in [3.63, 3.8) is 0 Å². The number of carbonyl (C=O) groups is 1. The molecule has 0 aromatic heterocycles. The number of likely N-dealkylation sites (tertiary alicyclic amines) is 1. The van der Waals surface area contributed by atoms with Crippen molar-refractivity contribution in [3.8, 4) is 0 Å². The van der Waals surface area contributed by atoms with Gasteiger partial charge in [0.2, 0.25) is 0 Å². The number of amides is 1. The van der Waals surface area contributed by atoms with Crippen LogP contribution in [0.4, 0.5) is 31.1 Å². The number of hydrogen-bond acceptors (Lipinski definition) is 2. The molecule has 176 valence electrons. The second kappa shape index (κ2) is 9.26. The van der Waals surface area contributed by atoms with Crippen LogP contribution in [-0.4, -0.2) is 34.2 Å². The van der Waals surface area contributed by atoms with Crippen LogP contribution in [0.3, 0.4) is 0 Å². The third-order valence-corrected chi connectivity index (χ3v) is 5.77. The number of nitrogens with one attached hydrogen (secondary N) is 1. The van der Waals surface area contributed by atoms with Gasteiger partial charge in [0, 0.05) is 24.7 Å². The van der Waals surface area contributed by atoms with Crippen molar-refractivity contribution >= 4 is 6.09 Å². The molecule has 0 radical (unpaired) electrons. The second-order valence-electron chi connectivity index (χ2n) is 8.78. The largest absolute Gasteiger partial charge is 0.465 e. The van der Waals surface area contributed by atoms with Gasteiger partial charge in [-0.2, -0.15) is 26.3 Å². The lowest BCUT2D eigenvalue weighted by Crippen LogP contribution is -2.59. The Morgan fingerprint density at radius 3 is 1.71 bits per heavy atom. The summed E-state index contributed by atoms with van der Waals surface area (Å²) in [5.74, 6) is 0.0136. The summed E-state index contributed by atoms with van der Waals surface area (Å²) in [7, 11) is 0. The van der Waals surface area contributed by atoms with Gasteiger partial charge >= 0.3 is 18.4 Å². The van der Waals surface area contributed by atoms with E-state index in [-0.39, 0.29) is 48.1 Å². The smallest absolute Gasteiger partial charge is 0.416 e. The molecular formula is C21H28F6N2O2. The average Bonchev–Trinajstić information content (AvgIpc) is 2.63. The summed E-state index contributed by atoms with van der Waals surface area (Å²) >= 11 is 0. The standard InChI is InChI=1S/C21H28F6N2O2/c1-11(2)17-8-16(9-18(12(3)4)29(17)19(30)31)28-10-13-5-14(20(22,23)24)7-15(6-13)21(25,26)27/h5-7,11-12,16-18,28H,8-10H2,1-4H3,(H,30,31). The maximum absolute atomic E-state index is 13.1. The summed E-state index contributed by atoms with van der Waals surface area (Å²) in [5, 5.41) is 12.7. The Hall–Kier alpha value is -1.97. The molecule has 31 heavy (non-hydrogen) atoms. The van der Waals surface area contributed by atoms with Gasteiger partial charge in [-0.25, -0.2) is 4.79 Å². The number of carboxylic acid groups (broad SMARTS) is 1. The summed E-state index contributed by atoms with van der Waals surface area (Å²) in [6, 6.07) is 0.701. The Bertz CT molecular complexity index is 726. The van der Waals surface area contributed by atoms with Crippen molar-refractivity contribution in [1.29, 1.82) is 0 Å². The lowest BCUT2D eigenvalue weighted by atomic mass is 9.82. The highest BCUT2D eigenvalue weighted by molar-refractivity contribution is 5.66. The molecule has 2 rings (SSSR count). The number of rotatable bonds is 5. The minimum Gasteiger partial charge on any atom is -0.465 e. The van der Waals surface area contributed by atoms with Crippen molar-refractivity contribution in [1.82, 2.24) is 10.2 Å². The number of piperidine rings is 1. The minimum atomic E-state index is -4.89. The van der Waals surface area contributed by atoms with Crippen molar-refractivity contribution in [2.75, 3.05) is 0 Å². The first-order valence-corrected chi connectivity index (χ1v) is 10.1. The van der Waals surface area contributed by atoms with E-state index in [2.05, 4.69) is 5.32 Å². The summed E-state index contributed by atoms with van der Waals surface area (Å²) in [6.45, 7) is 7.39. The highest BCUT2D eigenvalue weighted by atomic mass is 19.4. The van der Waals surface area contributed by atoms with E-state index in [1.807, 2.05) is 27.7 Å². The number of halogens is 6. The van der Waals surface area contributed by atoms with Crippen LogP contribution in [0, 0.1) is 11.8 Å². The van der Waals surface area contributed by atoms with Crippen molar-refractivity contribution in [2.24, 2.45) is 11.8 Å². The molecular weight excluding hydrogens is 426 g/mol. The van der Waals surface area contributed by atoms with Crippen molar-refractivity contribution < 1.29 is 36.2 Å². The van der Waals surface area contributed by atoms with Crippen LogP contribution in [0.2, 0.25) is 0 Å². The zero-order valence-corrected chi connectivity index (χ0v) is 17.8. The molecule has 1 aromatic carbocycles. The molecule has 0 saturated carbocycles. The molecule has 0 bridgehead atoms. The molecule has 1 heterocycles. The van der Waals surface area contributed by atoms with Gasteiger partial charge in [-0.05, 0) is 48.4 Å². The van der Waals surface area contributed by atoms with Crippen molar-refractivity contribution in [2.45, 2.75) is 77.6 Å². The molecule has 1 aromatic rings. The molecule has 1 aliphatic heterocycles. The Kier molecular flexibility index (Phi) is 7.55. The van der Waals surface area contributed by atoms with Crippen LogP contribution in [0.1, 0.15) is 57.2 Å². The van der Waals surface area contributed by atoms with E-state index < -0.39 is 29.6 Å². The van der Waals surface area contributed by atoms with E-state index in [0.717, 1.165) is 0 Å². The van der Waals surface area contributed by atoms with Crippen LogP contribution in [-0.2, 0) is 18.9 Å². The molecule has 1 aliphatic rings. The Morgan fingerprint density at radius 2 is 1.39 bits per heavy atom. The van der Waals surface area contributed by atoms with Crippen LogP contribution >= 0.6 is 0 Å². The van der Waals surface area contributed by atoms with Gasteiger partial charge in [-0.1, -0.05) is 27.7 Å².